The minimum Gasteiger partial charge on any atom is -0.496 e. The molecule has 1 saturated carbocycles. The number of morpholine rings is 1. The predicted octanol–water partition coefficient (Wildman–Crippen LogP) is 2.97. The van der Waals surface area contributed by atoms with Crippen molar-refractivity contribution in [2.24, 2.45) is 5.92 Å². The lowest BCUT2D eigenvalue weighted by Crippen LogP contribution is -2.51. The third-order valence-corrected chi connectivity index (χ3v) is 5.70. The van der Waals surface area contributed by atoms with Gasteiger partial charge in [0.05, 0.1) is 25.9 Å². The average molecular weight is 367 g/mol. The summed E-state index contributed by atoms with van der Waals surface area (Å²) in [6.45, 7) is 1.32. The van der Waals surface area contributed by atoms with Crippen LogP contribution in [0, 0.1) is 5.92 Å². The smallest absolute Gasteiger partial charge is 0.254 e. The van der Waals surface area contributed by atoms with Gasteiger partial charge >= 0.3 is 0 Å². The quantitative estimate of drug-likeness (QED) is 0.903. The molecule has 2 aromatic rings. The van der Waals surface area contributed by atoms with Gasteiger partial charge in [-0.3, -0.25) is 4.79 Å². The van der Waals surface area contributed by atoms with E-state index >= 15 is 0 Å². The lowest BCUT2D eigenvalue weighted by Gasteiger charge is -2.37. The number of hydrogen-bond donors (Lipinski definition) is 1. The van der Waals surface area contributed by atoms with Gasteiger partial charge in [0, 0.05) is 24.3 Å². The highest BCUT2D eigenvalue weighted by atomic mass is 16.5. The Morgan fingerprint density at radius 2 is 1.96 bits per heavy atom. The number of carbonyl (C=O) groups excluding carboxylic acids is 1. The number of hydrogen-bond acceptors (Lipinski definition) is 4. The van der Waals surface area contributed by atoms with Gasteiger partial charge in [0.15, 0.2) is 0 Å². The maximum absolute atomic E-state index is 13.1. The fourth-order valence-electron chi connectivity index (χ4n) is 4.29. The van der Waals surface area contributed by atoms with E-state index in [4.69, 9.17) is 9.47 Å². The molecular weight excluding hydrogens is 342 g/mol. The molecule has 27 heavy (non-hydrogen) atoms. The summed E-state index contributed by atoms with van der Waals surface area (Å²) in [6.07, 6.45) is 1.69. The lowest BCUT2D eigenvalue weighted by atomic mass is 10.0. The number of benzene rings is 2. The number of rotatable bonds is 4. The van der Waals surface area contributed by atoms with Gasteiger partial charge in [-0.25, -0.2) is 0 Å². The number of fused-ring (bicyclic) bond motifs is 1. The Morgan fingerprint density at radius 1 is 1.19 bits per heavy atom. The molecule has 1 heterocycles. The summed E-state index contributed by atoms with van der Waals surface area (Å²) in [5.41, 5.74) is 2.71. The van der Waals surface area contributed by atoms with E-state index in [1.807, 2.05) is 53.4 Å². The number of aliphatic hydroxyl groups is 1. The molecule has 5 nitrogen and oxygen atoms in total. The Bertz CT molecular complexity index is 804. The van der Waals surface area contributed by atoms with E-state index in [1.165, 1.54) is 0 Å². The van der Waals surface area contributed by atoms with Gasteiger partial charge < -0.3 is 19.5 Å². The Hall–Kier alpha value is -2.37. The molecule has 0 radical (unpaired) electrons. The Labute approximate surface area is 159 Å². The van der Waals surface area contributed by atoms with Crippen LogP contribution in [-0.2, 0) is 4.74 Å². The highest BCUT2D eigenvalue weighted by Crippen LogP contribution is 2.35. The molecule has 1 aliphatic carbocycles. The van der Waals surface area contributed by atoms with Crippen LogP contribution in [0.25, 0.3) is 11.1 Å². The van der Waals surface area contributed by atoms with Crippen LogP contribution in [0.15, 0.2) is 48.5 Å². The van der Waals surface area contributed by atoms with E-state index in [9.17, 15) is 9.90 Å². The summed E-state index contributed by atoms with van der Waals surface area (Å²) in [6, 6.07) is 15.6. The first-order valence-electron chi connectivity index (χ1n) is 9.48. The van der Waals surface area contributed by atoms with Crippen LogP contribution in [-0.4, -0.2) is 54.9 Å². The molecule has 142 valence electrons. The summed E-state index contributed by atoms with van der Waals surface area (Å²) >= 11 is 0. The topological polar surface area (TPSA) is 59.0 Å². The van der Waals surface area contributed by atoms with E-state index in [1.54, 1.807) is 7.11 Å². The minimum absolute atomic E-state index is 0.0402. The number of ether oxygens (including phenoxy) is 2. The number of aliphatic hydroxyl groups excluding tert-OH is 1. The molecule has 1 amide bonds. The van der Waals surface area contributed by atoms with Gasteiger partial charge in [0.2, 0.25) is 0 Å². The zero-order valence-corrected chi connectivity index (χ0v) is 15.5. The second-order valence-corrected chi connectivity index (χ2v) is 7.27. The third-order valence-electron chi connectivity index (χ3n) is 5.70. The molecule has 2 fully saturated rings. The number of amides is 1. The van der Waals surface area contributed by atoms with Gasteiger partial charge in [0.25, 0.3) is 5.91 Å². The van der Waals surface area contributed by atoms with E-state index in [0.29, 0.717) is 18.7 Å². The van der Waals surface area contributed by atoms with Crippen molar-refractivity contribution in [3.05, 3.63) is 54.1 Å². The predicted molar refractivity (Wildman–Crippen MR) is 103 cm³/mol. The van der Waals surface area contributed by atoms with Crippen LogP contribution in [0.1, 0.15) is 23.2 Å². The molecule has 5 heteroatoms. The van der Waals surface area contributed by atoms with Crippen molar-refractivity contribution >= 4 is 5.91 Å². The Kier molecular flexibility index (Phi) is 5.14. The molecule has 4 rings (SSSR count). The normalized spacial score (nSPS) is 24.5. The van der Waals surface area contributed by atoms with Crippen LogP contribution in [0.2, 0.25) is 0 Å². The summed E-state index contributed by atoms with van der Waals surface area (Å²) in [4.78, 5) is 15.0. The van der Waals surface area contributed by atoms with Gasteiger partial charge in [-0.2, -0.15) is 0 Å². The average Bonchev–Trinajstić information content (AvgIpc) is 3.17. The molecule has 0 unspecified atom stereocenters. The molecule has 3 atom stereocenters. The Morgan fingerprint density at radius 3 is 2.70 bits per heavy atom. The number of carbonyl (C=O) groups is 1. The van der Waals surface area contributed by atoms with Crippen molar-refractivity contribution in [3.8, 4) is 16.9 Å². The number of nitrogens with zero attached hydrogens (tertiary/aromatic N) is 1. The van der Waals surface area contributed by atoms with E-state index in [0.717, 1.165) is 29.7 Å². The monoisotopic (exact) mass is 367 g/mol. The van der Waals surface area contributed by atoms with Gasteiger partial charge in [-0.05, 0) is 42.5 Å². The van der Waals surface area contributed by atoms with Crippen molar-refractivity contribution in [1.29, 1.82) is 0 Å². The zero-order valence-electron chi connectivity index (χ0n) is 15.5. The lowest BCUT2D eigenvalue weighted by molar-refractivity contribution is -0.0448. The third kappa shape index (κ3) is 3.45. The fourth-order valence-corrected chi connectivity index (χ4v) is 4.29. The fraction of sp³-hybridized carbons (Fsp3) is 0.409. The molecular formula is C22H25NO4. The largest absolute Gasteiger partial charge is 0.496 e. The minimum atomic E-state index is 0.0402. The van der Waals surface area contributed by atoms with E-state index < -0.39 is 0 Å². The van der Waals surface area contributed by atoms with Crippen molar-refractivity contribution in [2.75, 3.05) is 26.9 Å². The molecule has 1 aliphatic heterocycles. The number of para-hydroxylation sites is 1. The first-order valence-corrected chi connectivity index (χ1v) is 9.48. The highest BCUT2D eigenvalue weighted by Gasteiger charge is 2.42. The molecule has 1 N–H and O–H groups in total. The molecule has 0 aromatic heterocycles. The van der Waals surface area contributed by atoms with Crippen LogP contribution in [0.4, 0.5) is 0 Å². The summed E-state index contributed by atoms with van der Waals surface area (Å²) in [5, 5.41) is 9.47. The summed E-state index contributed by atoms with van der Waals surface area (Å²) < 4.78 is 11.3. The molecule has 2 aromatic carbocycles. The molecule has 0 bridgehead atoms. The van der Waals surface area contributed by atoms with Crippen LogP contribution in [0.5, 0.6) is 5.75 Å². The van der Waals surface area contributed by atoms with Crippen LogP contribution >= 0.6 is 0 Å². The van der Waals surface area contributed by atoms with Crippen molar-refractivity contribution in [2.45, 2.75) is 25.0 Å². The van der Waals surface area contributed by atoms with Crippen molar-refractivity contribution < 1.29 is 19.4 Å². The second-order valence-electron chi connectivity index (χ2n) is 7.27. The van der Waals surface area contributed by atoms with Gasteiger partial charge in [-0.15, -0.1) is 0 Å². The van der Waals surface area contributed by atoms with Crippen LogP contribution < -0.4 is 4.74 Å². The second kappa shape index (κ2) is 7.71. The molecule has 2 aliphatic rings. The molecule has 0 spiro atoms. The maximum Gasteiger partial charge on any atom is 0.254 e. The van der Waals surface area contributed by atoms with Crippen LogP contribution in [0.3, 0.4) is 0 Å². The van der Waals surface area contributed by atoms with Crippen molar-refractivity contribution in [1.82, 2.24) is 4.90 Å². The first kappa shape index (κ1) is 18.0. The van der Waals surface area contributed by atoms with Gasteiger partial charge in [-0.1, -0.05) is 30.3 Å². The standard InChI is InChI=1S/C22H25NO4/c1-26-20-5-3-2-4-18(20)16-6-8-17(9-7-16)22(25)23-10-11-27-21-13-15(14-24)12-19(21)23/h2-9,15,19,21,24H,10-14H2,1H3/t15-,19+,21+/m1/s1. The van der Waals surface area contributed by atoms with E-state index in [2.05, 4.69) is 0 Å². The van der Waals surface area contributed by atoms with Gasteiger partial charge in [0.1, 0.15) is 5.75 Å². The Balaban J connectivity index is 1.54. The summed E-state index contributed by atoms with van der Waals surface area (Å²) in [5.74, 6) is 1.08. The van der Waals surface area contributed by atoms with E-state index in [-0.39, 0.29) is 30.6 Å². The highest BCUT2D eigenvalue weighted by molar-refractivity contribution is 5.95. The van der Waals surface area contributed by atoms with Crippen molar-refractivity contribution in [3.63, 3.8) is 0 Å². The molecule has 1 saturated heterocycles. The number of methoxy groups -OCH3 is 1. The SMILES string of the molecule is COc1ccccc1-c1ccc(C(=O)N2CCO[C@H]3C[C@H](CO)C[C@@H]32)cc1. The maximum atomic E-state index is 13.1. The first-order chi connectivity index (χ1) is 13.2. The zero-order chi connectivity index (χ0) is 18.8. The summed E-state index contributed by atoms with van der Waals surface area (Å²) in [7, 11) is 1.66.